The van der Waals surface area contributed by atoms with Gasteiger partial charge in [0.25, 0.3) is 5.91 Å². The highest BCUT2D eigenvalue weighted by Gasteiger charge is 2.16. The lowest BCUT2D eigenvalue weighted by molar-refractivity contribution is 0.0986. The zero-order valence-corrected chi connectivity index (χ0v) is 27.3. The van der Waals surface area contributed by atoms with Crippen LogP contribution in [0.25, 0.3) is 32.8 Å². The number of benzene rings is 5. The van der Waals surface area contributed by atoms with Crippen LogP contribution in [0, 0.1) is 5.82 Å². The molecule has 6 rings (SSSR count). The van der Waals surface area contributed by atoms with Gasteiger partial charge in [-0.05, 0) is 113 Å². The van der Waals surface area contributed by atoms with Gasteiger partial charge in [0.1, 0.15) is 0 Å². The summed E-state index contributed by atoms with van der Waals surface area (Å²) in [6.45, 7) is 3.11. The SMILES string of the molecule is CCOc1ccc(-c2ccc3c(c2)c(C(=O)NSc2ccc4ccc(SNCCSc5ccccc5)cc4c2)cn3C)cc1F. The standard InChI is InChI=1S/C36H32FN3O2S3/c1-3-42-35-16-12-26(22-33(35)37)25-11-15-34-31(21-25)32(23-40(34)2)36(41)39-45-30-14-10-24-9-13-29(19-27(24)20-30)44-38-17-18-43-28-7-5-4-6-8-28/h4-16,19-23,38H,3,17-18H2,1-2H3,(H,39,41). The molecule has 0 saturated heterocycles. The maximum Gasteiger partial charge on any atom is 0.263 e. The van der Waals surface area contributed by atoms with Crippen LogP contribution in [0.3, 0.4) is 0 Å². The zero-order valence-electron chi connectivity index (χ0n) is 24.9. The molecule has 0 atom stereocenters. The van der Waals surface area contributed by atoms with Gasteiger partial charge in [-0.3, -0.25) is 14.2 Å². The van der Waals surface area contributed by atoms with E-state index in [1.165, 1.54) is 22.9 Å². The van der Waals surface area contributed by atoms with Gasteiger partial charge in [-0.25, -0.2) is 4.39 Å². The summed E-state index contributed by atoms with van der Waals surface area (Å²) >= 11 is 4.76. The molecule has 9 heteroatoms. The minimum Gasteiger partial charge on any atom is -0.491 e. The van der Waals surface area contributed by atoms with E-state index < -0.39 is 5.82 Å². The number of amides is 1. The second kappa shape index (κ2) is 14.5. The topological polar surface area (TPSA) is 55.3 Å². The van der Waals surface area contributed by atoms with E-state index in [9.17, 15) is 9.18 Å². The molecule has 45 heavy (non-hydrogen) atoms. The van der Waals surface area contributed by atoms with Crippen molar-refractivity contribution in [2.45, 2.75) is 21.6 Å². The summed E-state index contributed by atoms with van der Waals surface area (Å²) in [5.74, 6) is 0.617. The number of carbonyl (C=O) groups is 1. The summed E-state index contributed by atoms with van der Waals surface area (Å²) in [5.41, 5.74) is 3.02. The van der Waals surface area contributed by atoms with Gasteiger partial charge in [0.05, 0.1) is 12.2 Å². The number of nitrogens with one attached hydrogen (secondary N) is 2. The van der Waals surface area contributed by atoms with Gasteiger partial charge in [-0.1, -0.05) is 42.5 Å². The molecule has 0 spiro atoms. The van der Waals surface area contributed by atoms with Crippen molar-refractivity contribution in [2.75, 3.05) is 18.9 Å². The molecule has 6 aromatic rings. The fraction of sp³-hybridized carbons (Fsp3) is 0.139. The minimum atomic E-state index is -0.410. The van der Waals surface area contributed by atoms with E-state index in [2.05, 4.69) is 64.0 Å². The summed E-state index contributed by atoms with van der Waals surface area (Å²) in [4.78, 5) is 16.8. The molecule has 0 radical (unpaired) electrons. The molecule has 5 nitrogen and oxygen atoms in total. The molecule has 228 valence electrons. The molecule has 0 unspecified atom stereocenters. The second-order valence-corrected chi connectivity index (χ2v) is 13.3. The molecule has 5 aromatic carbocycles. The van der Waals surface area contributed by atoms with Crippen LogP contribution in [-0.2, 0) is 7.05 Å². The molecular formula is C36H32FN3O2S3. The van der Waals surface area contributed by atoms with Gasteiger partial charge in [0.2, 0.25) is 0 Å². The predicted octanol–water partition coefficient (Wildman–Crippen LogP) is 9.36. The summed E-state index contributed by atoms with van der Waals surface area (Å²) in [7, 11) is 1.92. The molecule has 0 bridgehead atoms. The Labute approximate surface area is 275 Å². The number of aromatic nitrogens is 1. The highest BCUT2D eigenvalue weighted by atomic mass is 32.2. The van der Waals surface area contributed by atoms with E-state index in [0.29, 0.717) is 12.2 Å². The Bertz CT molecular complexity index is 1960. The van der Waals surface area contributed by atoms with Gasteiger partial charge < -0.3 is 9.30 Å². The molecule has 0 aliphatic rings. The third-order valence-electron chi connectivity index (χ3n) is 7.25. The minimum absolute atomic E-state index is 0.192. The van der Waals surface area contributed by atoms with Crippen LogP contribution in [0.1, 0.15) is 17.3 Å². The fourth-order valence-corrected chi connectivity index (χ4v) is 7.31. The lowest BCUT2D eigenvalue weighted by atomic mass is 10.0. The third kappa shape index (κ3) is 7.50. The monoisotopic (exact) mass is 653 g/mol. The van der Waals surface area contributed by atoms with E-state index in [1.807, 2.05) is 72.9 Å². The van der Waals surface area contributed by atoms with Crippen LogP contribution >= 0.6 is 35.7 Å². The molecule has 0 aliphatic heterocycles. The molecule has 1 amide bonds. The smallest absolute Gasteiger partial charge is 0.263 e. The average molecular weight is 654 g/mol. The fourth-order valence-electron chi connectivity index (χ4n) is 5.06. The Morgan fingerprint density at radius 2 is 1.56 bits per heavy atom. The summed E-state index contributed by atoms with van der Waals surface area (Å²) in [6.07, 6.45) is 1.83. The van der Waals surface area contributed by atoms with Crippen LogP contribution in [0.15, 0.2) is 124 Å². The Morgan fingerprint density at radius 1 is 0.822 bits per heavy atom. The van der Waals surface area contributed by atoms with Crippen molar-refractivity contribution >= 4 is 63.2 Å². The predicted molar refractivity (Wildman–Crippen MR) is 188 cm³/mol. The van der Waals surface area contributed by atoms with Crippen LogP contribution in [0.2, 0.25) is 0 Å². The number of thioether (sulfide) groups is 1. The lowest BCUT2D eigenvalue weighted by Crippen LogP contribution is -2.15. The van der Waals surface area contributed by atoms with Gasteiger partial charge in [-0.2, -0.15) is 0 Å². The van der Waals surface area contributed by atoms with Gasteiger partial charge in [0.15, 0.2) is 11.6 Å². The maximum atomic E-state index is 14.6. The number of aryl methyl sites for hydroxylation is 1. The van der Waals surface area contributed by atoms with Gasteiger partial charge >= 0.3 is 0 Å². The number of hydrogen-bond acceptors (Lipinski definition) is 6. The summed E-state index contributed by atoms with van der Waals surface area (Å²) in [6, 6.07) is 33.8. The first kappa shape index (κ1) is 31.1. The van der Waals surface area contributed by atoms with Crippen molar-refractivity contribution in [2.24, 2.45) is 7.05 Å². The first-order valence-electron chi connectivity index (χ1n) is 14.6. The number of carbonyl (C=O) groups excluding carboxylic acids is 1. The summed E-state index contributed by atoms with van der Waals surface area (Å²) in [5, 5.41) is 3.05. The number of halogens is 1. The molecule has 0 fully saturated rings. The van der Waals surface area contributed by atoms with Crippen molar-refractivity contribution in [3.63, 3.8) is 0 Å². The first-order chi connectivity index (χ1) is 22.0. The molecule has 1 heterocycles. The maximum absolute atomic E-state index is 14.6. The molecule has 1 aromatic heterocycles. The van der Waals surface area contributed by atoms with E-state index in [0.717, 1.165) is 54.9 Å². The van der Waals surface area contributed by atoms with Crippen LogP contribution in [0.4, 0.5) is 4.39 Å². The second-order valence-electron chi connectivity index (χ2n) is 10.3. The Balaban J connectivity index is 1.11. The van der Waals surface area contributed by atoms with Crippen LogP contribution in [-0.4, -0.2) is 29.4 Å². The number of rotatable bonds is 12. The Hall–Kier alpha value is -3.89. The largest absolute Gasteiger partial charge is 0.491 e. The Morgan fingerprint density at radius 3 is 2.31 bits per heavy atom. The van der Waals surface area contributed by atoms with Crippen molar-refractivity contribution in [3.05, 3.63) is 121 Å². The van der Waals surface area contributed by atoms with Crippen LogP contribution in [0.5, 0.6) is 5.75 Å². The first-order valence-corrected chi connectivity index (χ1v) is 17.2. The number of nitrogens with zero attached hydrogens (tertiary/aromatic N) is 1. The van der Waals surface area contributed by atoms with Crippen LogP contribution < -0.4 is 14.2 Å². The van der Waals surface area contributed by atoms with Gasteiger partial charge in [0, 0.05) is 51.1 Å². The third-order valence-corrected chi connectivity index (χ3v) is 9.88. The van der Waals surface area contributed by atoms with Crippen molar-refractivity contribution in [3.8, 4) is 16.9 Å². The van der Waals surface area contributed by atoms with E-state index in [-0.39, 0.29) is 11.7 Å². The number of fused-ring (bicyclic) bond motifs is 2. The molecule has 2 N–H and O–H groups in total. The molecule has 0 saturated carbocycles. The van der Waals surface area contributed by atoms with Gasteiger partial charge in [-0.15, -0.1) is 11.8 Å². The number of hydrogen-bond donors (Lipinski definition) is 2. The Kier molecular flexibility index (Phi) is 10.0. The summed E-state index contributed by atoms with van der Waals surface area (Å²) < 4.78 is 28.3. The lowest BCUT2D eigenvalue weighted by Gasteiger charge is -2.09. The quantitative estimate of drug-likeness (QED) is 0.0780. The van der Waals surface area contributed by atoms with Crippen molar-refractivity contribution < 1.29 is 13.9 Å². The van der Waals surface area contributed by atoms with Crippen molar-refractivity contribution in [1.29, 1.82) is 0 Å². The van der Waals surface area contributed by atoms with Crippen molar-refractivity contribution in [1.82, 2.24) is 14.0 Å². The highest BCUT2D eigenvalue weighted by molar-refractivity contribution is 7.99. The zero-order chi connectivity index (χ0) is 31.2. The molecule has 0 aliphatic carbocycles. The highest BCUT2D eigenvalue weighted by Crippen LogP contribution is 2.31. The van der Waals surface area contributed by atoms with E-state index >= 15 is 0 Å². The average Bonchev–Trinajstić information content (AvgIpc) is 3.40. The molecular weight excluding hydrogens is 622 g/mol. The normalized spacial score (nSPS) is 11.3. The van der Waals surface area contributed by atoms with E-state index in [1.54, 1.807) is 18.0 Å². The van der Waals surface area contributed by atoms with E-state index in [4.69, 9.17) is 4.74 Å². The number of ether oxygens (including phenoxy) is 1.